The molecule has 104 valence electrons. The lowest BCUT2D eigenvalue weighted by Gasteiger charge is -2.31. The van der Waals surface area contributed by atoms with Gasteiger partial charge in [0.25, 0.3) is 0 Å². The summed E-state index contributed by atoms with van der Waals surface area (Å²) in [7, 11) is 0. The molecule has 3 rings (SSSR count). The van der Waals surface area contributed by atoms with Crippen LogP contribution in [0.4, 0.5) is 0 Å². The van der Waals surface area contributed by atoms with Gasteiger partial charge in [-0.1, -0.05) is 6.92 Å². The monoisotopic (exact) mass is 262 g/mol. The molecule has 0 aliphatic carbocycles. The molecule has 5 heteroatoms. The Bertz CT molecular complexity index is 468. The number of hydrogen-bond donors (Lipinski definition) is 0. The smallest absolute Gasteiger partial charge is 0.147 e. The Morgan fingerprint density at radius 2 is 2.11 bits per heavy atom. The number of aryl methyl sites for hydroxylation is 1. The molecular weight excluding hydrogens is 240 g/mol. The summed E-state index contributed by atoms with van der Waals surface area (Å²) in [5, 5.41) is 8.64. The van der Waals surface area contributed by atoms with Crippen LogP contribution in [0.25, 0.3) is 0 Å². The molecule has 0 bridgehead atoms. The lowest BCUT2D eigenvalue weighted by Crippen LogP contribution is -2.40. The molecule has 2 aliphatic rings. The maximum absolute atomic E-state index is 11.7. The summed E-state index contributed by atoms with van der Waals surface area (Å²) in [5.74, 6) is 2.87. The van der Waals surface area contributed by atoms with Crippen LogP contribution in [-0.2, 0) is 24.3 Å². The number of carbonyl (C=O) groups is 1. The summed E-state index contributed by atoms with van der Waals surface area (Å²) >= 11 is 0. The fourth-order valence-corrected chi connectivity index (χ4v) is 3.16. The molecule has 0 aromatic carbocycles. The number of aromatic nitrogens is 3. The number of piperidine rings is 1. The normalized spacial score (nSPS) is 24.5. The summed E-state index contributed by atoms with van der Waals surface area (Å²) in [6, 6.07) is 0. The minimum absolute atomic E-state index is 0.220. The third-order valence-electron chi connectivity index (χ3n) is 4.40. The SMILES string of the molecule is CCC1CN(Cc2nnc3n2CCCC3)CCC1=O. The van der Waals surface area contributed by atoms with E-state index in [2.05, 4.69) is 26.6 Å². The zero-order chi connectivity index (χ0) is 13.2. The van der Waals surface area contributed by atoms with Gasteiger partial charge < -0.3 is 4.57 Å². The van der Waals surface area contributed by atoms with Crippen molar-refractivity contribution in [1.29, 1.82) is 0 Å². The number of hydrogen-bond acceptors (Lipinski definition) is 4. The quantitative estimate of drug-likeness (QED) is 0.826. The molecule has 1 unspecified atom stereocenters. The third kappa shape index (κ3) is 2.56. The van der Waals surface area contributed by atoms with Crippen LogP contribution in [0.1, 0.15) is 44.3 Å². The Balaban J connectivity index is 1.68. The third-order valence-corrected chi connectivity index (χ3v) is 4.40. The minimum atomic E-state index is 0.220. The molecule has 3 heterocycles. The highest BCUT2D eigenvalue weighted by Gasteiger charge is 2.27. The largest absolute Gasteiger partial charge is 0.314 e. The summed E-state index contributed by atoms with van der Waals surface area (Å²) in [4.78, 5) is 14.1. The summed E-state index contributed by atoms with van der Waals surface area (Å²) < 4.78 is 2.28. The van der Waals surface area contributed by atoms with E-state index in [0.717, 1.165) is 50.7 Å². The first-order valence-corrected chi connectivity index (χ1v) is 7.44. The molecule has 1 atom stereocenters. The van der Waals surface area contributed by atoms with Gasteiger partial charge in [-0.25, -0.2) is 0 Å². The number of rotatable bonds is 3. The minimum Gasteiger partial charge on any atom is -0.314 e. The maximum Gasteiger partial charge on any atom is 0.147 e. The number of fused-ring (bicyclic) bond motifs is 1. The van der Waals surface area contributed by atoms with Gasteiger partial charge in [-0.15, -0.1) is 10.2 Å². The fraction of sp³-hybridized carbons (Fsp3) is 0.786. The molecule has 2 aliphatic heterocycles. The Labute approximate surface area is 114 Å². The lowest BCUT2D eigenvalue weighted by atomic mass is 9.94. The molecule has 1 saturated heterocycles. The van der Waals surface area contributed by atoms with E-state index in [9.17, 15) is 4.79 Å². The molecule has 1 aromatic heterocycles. The molecule has 0 spiro atoms. The van der Waals surface area contributed by atoms with Crippen LogP contribution in [-0.4, -0.2) is 38.5 Å². The first-order chi connectivity index (χ1) is 9.28. The van der Waals surface area contributed by atoms with E-state index in [1.165, 1.54) is 12.8 Å². The molecule has 1 fully saturated rings. The molecule has 0 saturated carbocycles. The second-order valence-electron chi connectivity index (χ2n) is 5.70. The lowest BCUT2D eigenvalue weighted by molar-refractivity contribution is -0.126. The topological polar surface area (TPSA) is 51.0 Å². The van der Waals surface area contributed by atoms with Crippen molar-refractivity contribution in [3.8, 4) is 0 Å². The number of nitrogens with zero attached hydrogens (tertiary/aromatic N) is 4. The predicted octanol–water partition coefficient (Wildman–Crippen LogP) is 1.42. The van der Waals surface area contributed by atoms with E-state index in [0.29, 0.717) is 12.2 Å². The van der Waals surface area contributed by atoms with Crippen molar-refractivity contribution in [3.05, 3.63) is 11.6 Å². The van der Waals surface area contributed by atoms with Crippen LogP contribution >= 0.6 is 0 Å². The summed E-state index contributed by atoms with van der Waals surface area (Å²) in [6.45, 7) is 5.76. The van der Waals surface area contributed by atoms with E-state index < -0.39 is 0 Å². The van der Waals surface area contributed by atoms with Crippen molar-refractivity contribution >= 4 is 5.78 Å². The number of Topliss-reactive ketones (excluding diaryl/α,β-unsaturated/α-hetero) is 1. The first-order valence-electron chi connectivity index (χ1n) is 7.44. The van der Waals surface area contributed by atoms with Gasteiger partial charge in [0.15, 0.2) is 0 Å². The Morgan fingerprint density at radius 3 is 2.95 bits per heavy atom. The van der Waals surface area contributed by atoms with Gasteiger partial charge in [-0.2, -0.15) is 0 Å². The van der Waals surface area contributed by atoms with Crippen molar-refractivity contribution in [2.45, 2.75) is 52.1 Å². The van der Waals surface area contributed by atoms with E-state index in [1.807, 2.05) is 0 Å². The summed E-state index contributed by atoms with van der Waals surface area (Å²) in [6.07, 6.45) is 5.16. The Kier molecular flexibility index (Phi) is 3.64. The number of carbonyl (C=O) groups excluding carboxylic acids is 1. The average molecular weight is 262 g/mol. The average Bonchev–Trinajstić information content (AvgIpc) is 2.84. The van der Waals surface area contributed by atoms with Crippen LogP contribution in [0.2, 0.25) is 0 Å². The zero-order valence-corrected chi connectivity index (χ0v) is 11.6. The molecule has 1 aromatic rings. The van der Waals surface area contributed by atoms with Crippen LogP contribution in [0.15, 0.2) is 0 Å². The van der Waals surface area contributed by atoms with Gasteiger partial charge in [-0.3, -0.25) is 9.69 Å². The molecular formula is C14H22N4O. The van der Waals surface area contributed by atoms with Crippen molar-refractivity contribution in [2.24, 2.45) is 5.92 Å². The van der Waals surface area contributed by atoms with E-state index in [4.69, 9.17) is 0 Å². The first kappa shape index (κ1) is 12.8. The number of likely N-dealkylation sites (tertiary alicyclic amines) is 1. The van der Waals surface area contributed by atoms with Gasteiger partial charge in [-0.05, 0) is 19.3 Å². The summed E-state index contributed by atoms with van der Waals surface area (Å²) in [5.41, 5.74) is 0. The standard InChI is InChI=1S/C14H22N4O/c1-2-11-9-17(8-6-12(11)19)10-14-16-15-13-5-3-4-7-18(13)14/h11H,2-10H2,1H3. The predicted molar refractivity (Wildman–Crippen MR) is 71.6 cm³/mol. The zero-order valence-electron chi connectivity index (χ0n) is 11.6. The maximum atomic E-state index is 11.7. The van der Waals surface area contributed by atoms with Gasteiger partial charge in [0.2, 0.25) is 0 Å². The van der Waals surface area contributed by atoms with Gasteiger partial charge in [0.1, 0.15) is 17.4 Å². The van der Waals surface area contributed by atoms with Crippen LogP contribution in [0.5, 0.6) is 0 Å². The highest BCUT2D eigenvalue weighted by atomic mass is 16.1. The Hall–Kier alpha value is -1.23. The van der Waals surface area contributed by atoms with Gasteiger partial charge in [0, 0.05) is 38.4 Å². The molecule has 0 radical (unpaired) electrons. The van der Waals surface area contributed by atoms with E-state index in [1.54, 1.807) is 0 Å². The molecule has 0 N–H and O–H groups in total. The van der Waals surface area contributed by atoms with Crippen LogP contribution in [0, 0.1) is 5.92 Å². The highest BCUT2D eigenvalue weighted by molar-refractivity contribution is 5.82. The van der Waals surface area contributed by atoms with E-state index in [-0.39, 0.29) is 5.92 Å². The second-order valence-corrected chi connectivity index (χ2v) is 5.70. The fourth-order valence-electron chi connectivity index (χ4n) is 3.16. The molecule has 5 nitrogen and oxygen atoms in total. The number of ketones is 1. The highest BCUT2D eigenvalue weighted by Crippen LogP contribution is 2.20. The van der Waals surface area contributed by atoms with Gasteiger partial charge >= 0.3 is 0 Å². The van der Waals surface area contributed by atoms with Crippen molar-refractivity contribution in [1.82, 2.24) is 19.7 Å². The molecule has 0 amide bonds. The molecule has 19 heavy (non-hydrogen) atoms. The van der Waals surface area contributed by atoms with Crippen LogP contribution in [0.3, 0.4) is 0 Å². The second kappa shape index (κ2) is 5.41. The van der Waals surface area contributed by atoms with Crippen molar-refractivity contribution < 1.29 is 4.79 Å². The van der Waals surface area contributed by atoms with Crippen molar-refractivity contribution in [3.63, 3.8) is 0 Å². The van der Waals surface area contributed by atoms with E-state index >= 15 is 0 Å². The van der Waals surface area contributed by atoms with Crippen LogP contribution < -0.4 is 0 Å². The van der Waals surface area contributed by atoms with Crippen molar-refractivity contribution in [2.75, 3.05) is 13.1 Å². The Morgan fingerprint density at radius 1 is 1.21 bits per heavy atom. The van der Waals surface area contributed by atoms with Gasteiger partial charge in [0.05, 0.1) is 6.54 Å².